The van der Waals surface area contributed by atoms with Crippen LogP contribution in [-0.4, -0.2) is 21.1 Å². The van der Waals surface area contributed by atoms with Crippen molar-refractivity contribution in [2.24, 2.45) is 0 Å². The van der Waals surface area contributed by atoms with Gasteiger partial charge in [0, 0.05) is 17.9 Å². The van der Waals surface area contributed by atoms with Crippen molar-refractivity contribution in [3.63, 3.8) is 0 Å². The van der Waals surface area contributed by atoms with Crippen molar-refractivity contribution < 1.29 is 0 Å². The number of nitrogen functional groups attached to an aromatic ring is 1. The first-order valence-electron chi connectivity index (χ1n) is 6.74. The molecule has 4 heteroatoms. The molecule has 2 N–H and O–H groups in total. The van der Waals surface area contributed by atoms with Crippen molar-refractivity contribution in [2.45, 2.75) is 59.4 Å². The third kappa shape index (κ3) is 3.44. The van der Waals surface area contributed by atoms with Gasteiger partial charge in [-0.1, -0.05) is 20.8 Å². The zero-order chi connectivity index (χ0) is 13.9. The van der Waals surface area contributed by atoms with Gasteiger partial charge in [-0.2, -0.15) is 11.8 Å². The van der Waals surface area contributed by atoms with Crippen LogP contribution in [0.25, 0.3) is 0 Å². The minimum atomic E-state index is -0.00711. The van der Waals surface area contributed by atoms with Crippen LogP contribution < -0.4 is 5.73 Å². The number of nitrogens with zero attached hydrogens (tertiary/aromatic N) is 2. The van der Waals surface area contributed by atoms with Crippen molar-refractivity contribution in [1.29, 1.82) is 0 Å². The van der Waals surface area contributed by atoms with Crippen LogP contribution >= 0.6 is 11.8 Å². The quantitative estimate of drug-likeness (QED) is 0.830. The lowest BCUT2D eigenvalue weighted by atomic mass is 10.1. The Hall–Kier alpha value is -0.640. The van der Waals surface area contributed by atoms with Crippen molar-refractivity contribution in [1.82, 2.24) is 9.55 Å². The number of nitrogens with two attached hydrogens (primary N) is 1. The fraction of sp³-hybridized carbons (Fsp3) is 0.786. The summed E-state index contributed by atoms with van der Waals surface area (Å²) in [5, 5.41) is 0. The normalized spacial score (nSPS) is 12.4. The van der Waals surface area contributed by atoms with E-state index in [1.54, 1.807) is 0 Å². The topological polar surface area (TPSA) is 43.8 Å². The van der Waals surface area contributed by atoms with E-state index >= 15 is 0 Å². The van der Waals surface area contributed by atoms with Gasteiger partial charge < -0.3 is 10.3 Å². The molecule has 1 aromatic heterocycles. The molecule has 3 nitrogen and oxygen atoms in total. The molecule has 104 valence electrons. The highest BCUT2D eigenvalue weighted by Gasteiger charge is 2.24. The Bertz CT molecular complexity index is 388. The molecule has 0 saturated carbocycles. The van der Waals surface area contributed by atoms with E-state index in [2.05, 4.69) is 46.1 Å². The van der Waals surface area contributed by atoms with Gasteiger partial charge in [0.1, 0.15) is 11.6 Å². The second-order valence-electron chi connectivity index (χ2n) is 5.91. The first-order valence-corrected chi connectivity index (χ1v) is 7.89. The van der Waals surface area contributed by atoms with Gasteiger partial charge in [0.05, 0.1) is 5.69 Å². The summed E-state index contributed by atoms with van der Waals surface area (Å²) in [5.41, 5.74) is 7.36. The molecule has 0 saturated heterocycles. The van der Waals surface area contributed by atoms with Gasteiger partial charge in [0.2, 0.25) is 0 Å². The first kappa shape index (κ1) is 15.4. The Morgan fingerprint density at radius 2 is 1.94 bits per heavy atom. The highest BCUT2D eigenvalue weighted by molar-refractivity contribution is 7.99. The molecular weight excluding hydrogens is 242 g/mol. The van der Waals surface area contributed by atoms with E-state index in [0.717, 1.165) is 35.3 Å². The maximum absolute atomic E-state index is 6.30. The number of aryl methyl sites for hydroxylation is 1. The minimum Gasteiger partial charge on any atom is -0.384 e. The van der Waals surface area contributed by atoms with Crippen LogP contribution in [0.1, 0.15) is 59.0 Å². The Kier molecular flexibility index (Phi) is 5.14. The standard InChI is InChI=1S/C14H27N3S/c1-7-18-9-8-11-12(15)17(14(4,5)6)13(16-11)10(2)3/h10H,7-9,15H2,1-6H3. The molecule has 0 spiro atoms. The Morgan fingerprint density at radius 3 is 2.33 bits per heavy atom. The van der Waals surface area contributed by atoms with E-state index in [0.29, 0.717) is 5.92 Å². The van der Waals surface area contributed by atoms with E-state index in [1.165, 1.54) is 0 Å². The molecule has 0 aliphatic heterocycles. The van der Waals surface area contributed by atoms with Gasteiger partial charge in [0.15, 0.2) is 0 Å². The second kappa shape index (κ2) is 6.00. The third-order valence-corrected chi connectivity index (χ3v) is 3.79. The number of imidazole rings is 1. The summed E-state index contributed by atoms with van der Waals surface area (Å²) in [6.45, 7) is 13.1. The fourth-order valence-corrected chi connectivity index (χ4v) is 2.71. The molecule has 0 bridgehead atoms. The van der Waals surface area contributed by atoms with Crippen molar-refractivity contribution in [3.05, 3.63) is 11.5 Å². The molecule has 0 atom stereocenters. The summed E-state index contributed by atoms with van der Waals surface area (Å²) in [6.07, 6.45) is 0.965. The van der Waals surface area contributed by atoms with Gasteiger partial charge in [-0.05, 0) is 32.3 Å². The second-order valence-corrected chi connectivity index (χ2v) is 7.30. The molecule has 18 heavy (non-hydrogen) atoms. The van der Waals surface area contributed by atoms with Gasteiger partial charge in [-0.25, -0.2) is 4.98 Å². The Balaban J connectivity index is 3.08. The van der Waals surface area contributed by atoms with Crippen LogP contribution in [0.2, 0.25) is 0 Å². The lowest BCUT2D eigenvalue weighted by molar-refractivity contribution is 0.382. The lowest BCUT2D eigenvalue weighted by Gasteiger charge is -2.26. The van der Waals surface area contributed by atoms with Gasteiger partial charge >= 0.3 is 0 Å². The van der Waals surface area contributed by atoms with Crippen LogP contribution in [0.5, 0.6) is 0 Å². The Labute approximate surface area is 116 Å². The summed E-state index contributed by atoms with van der Waals surface area (Å²) in [5.74, 6) is 4.61. The smallest absolute Gasteiger partial charge is 0.127 e. The highest BCUT2D eigenvalue weighted by Crippen LogP contribution is 2.29. The van der Waals surface area contributed by atoms with Gasteiger partial charge in [-0.3, -0.25) is 0 Å². The van der Waals surface area contributed by atoms with E-state index in [1.807, 2.05) is 11.8 Å². The number of thioether (sulfide) groups is 1. The first-order chi connectivity index (χ1) is 8.29. The predicted octanol–water partition coefficient (Wildman–Crippen LogP) is 3.64. The van der Waals surface area contributed by atoms with E-state index in [-0.39, 0.29) is 5.54 Å². The molecule has 0 aliphatic carbocycles. The SMILES string of the molecule is CCSCCc1nc(C(C)C)n(C(C)(C)C)c1N. The minimum absolute atomic E-state index is 0.00711. The Morgan fingerprint density at radius 1 is 1.33 bits per heavy atom. The molecule has 0 unspecified atom stereocenters. The number of hydrogen-bond donors (Lipinski definition) is 1. The molecule has 0 fully saturated rings. The average Bonchev–Trinajstić information content (AvgIpc) is 2.56. The highest BCUT2D eigenvalue weighted by atomic mass is 32.2. The summed E-state index contributed by atoms with van der Waals surface area (Å²) in [6, 6.07) is 0. The van der Waals surface area contributed by atoms with Crippen molar-refractivity contribution >= 4 is 17.6 Å². The van der Waals surface area contributed by atoms with Crippen molar-refractivity contribution in [3.8, 4) is 0 Å². The molecule has 0 aliphatic rings. The molecular formula is C14H27N3S. The summed E-state index contributed by atoms with van der Waals surface area (Å²) >= 11 is 1.94. The van der Waals surface area contributed by atoms with E-state index in [4.69, 9.17) is 10.7 Å². The zero-order valence-corrected chi connectivity index (χ0v) is 13.4. The maximum Gasteiger partial charge on any atom is 0.127 e. The molecule has 0 amide bonds. The average molecular weight is 269 g/mol. The number of rotatable bonds is 5. The van der Waals surface area contributed by atoms with Crippen LogP contribution in [0, 0.1) is 0 Å². The van der Waals surface area contributed by atoms with Gasteiger partial charge in [0.25, 0.3) is 0 Å². The van der Waals surface area contributed by atoms with E-state index < -0.39 is 0 Å². The number of hydrogen-bond acceptors (Lipinski definition) is 3. The molecule has 0 radical (unpaired) electrons. The summed E-state index contributed by atoms with van der Waals surface area (Å²) in [7, 11) is 0. The van der Waals surface area contributed by atoms with Gasteiger partial charge in [-0.15, -0.1) is 0 Å². The number of anilines is 1. The molecule has 0 aromatic carbocycles. The zero-order valence-electron chi connectivity index (χ0n) is 12.6. The van der Waals surface area contributed by atoms with Crippen LogP contribution in [0.4, 0.5) is 5.82 Å². The lowest BCUT2D eigenvalue weighted by Crippen LogP contribution is -2.26. The fourth-order valence-electron chi connectivity index (χ4n) is 2.09. The largest absolute Gasteiger partial charge is 0.384 e. The van der Waals surface area contributed by atoms with E-state index in [9.17, 15) is 0 Å². The van der Waals surface area contributed by atoms with Crippen LogP contribution in [0.3, 0.4) is 0 Å². The predicted molar refractivity (Wildman–Crippen MR) is 82.4 cm³/mol. The molecule has 1 rings (SSSR count). The van der Waals surface area contributed by atoms with Crippen LogP contribution in [0.15, 0.2) is 0 Å². The summed E-state index contributed by atoms with van der Waals surface area (Å²) in [4.78, 5) is 4.77. The summed E-state index contributed by atoms with van der Waals surface area (Å²) < 4.78 is 2.20. The van der Waals surface area contributed by atoms with Crippen molar-refractivity contribution in [2.75, 3.05) is 17.2 Å². The number of aromatic nitrogens is 2. The molecule has 1 heterocycles. The third-order valence-electron chi connectivity index (χ3n) is 2.89. The molecule has 1 aromatic rings. The maximum atomic E-state index is 6.30. The monoisotopic (exact) mass is 269 g/mol. The van der Waals surface area contributed by atoms with Crippen LogP contribution in [-0.2, 0) is 12.0 Å².